The quantitative estimate of drug-likeness (QED) is 0.759. The Morgan fingerprint density at radius 1 is 0.647 bits per heavy atom. The van der Waals surface area contributed by atoms with Gasteiger partial charge in [0.1, 0.15) is 0 Å². The second-order valence-electron chi connectivity index (χ2n) is 3.94. The molecule has 0 spiro atoms. The van der Waals surface area contributed by atoms with Gasteiger partial charge in [0, 0.05) is 0 Å². The molecule has 0 aromatic carbocycles. The first-order chi connectivity index (χ1) is 4.83. The molecule has 0 aromatic heterocycles. The SMILES string of the molecule is C.C.C.C.C.C.C[Si](C)(CO)O[Si](C)(C)CO. The molecule has 0 rings (SSSR count). The third-order valence-electron chi connectivity index (χ3n) is 1.31. The third-order valence-corrected chi connectivity index (χ3v) is 7.26. The van der Waals surface area contributed by atoms with Gasteiger partial charge in [-0.05, 0) is 26.2 Å². The summed E-state index contributed by atoms with van der Waals surface area (Å²) in [7, 11) is -3.75. The average Bonchev–Trinajstić information content (AvgIpc) is 1.86. The highest BCUT2D eigenvalue weighted by Gasteiger charge is 2.31. The maximum Gasteiger partial charge on any atom is 0.199 e. The molecule has 3 nitrogen and oxygen atoms in total. The first-order valence-corrected chi connectivity index (χ1v) is 9.98. The second-order valence-corrected chi connectivity index (χ2v) is 12.4. The van der Waals surface area contributed by atoms with Crippen LogP contribution in [0.25, 0.3) is 0 Å². The lowest BCUT2D eigenvalue weighted by Gasteiger charge is -2.30. The summed E-state index contributed by atoms with van der Waals surface area (Å²) in [5, 5.41) is 17.9. The van der Waals surface area contributed by atoms with Gasteiger partial charge >= 0.3 is 0 Å². The Morgan fingerprint density at radius 2 is 0.824 bits per heavy atom. The van der Waals surface area contributed by atoms with Crippen LogP contribution in [0.1, 0.15) is 44.6 Å². The summed E-state index contributed by atoms with van der Waals surface area (Å²) < 4.78 is 5.70. The molecule has 0 aliphatic rings. The highest BCUT2D eigenvalue weighted by molar-refractivity contribution is 6.84. The minimum Gasteiger partial charge on any atom is -0.453 e. The van der Waals surface area contributed by atoms with Crippen molar-refractivity contribution in [1.82, 2.24) is 0 Å². The van der Waals surface area contributed by atoms with Gasteiger partial charge < -0.3 is 14.3 Å². The molecule has 116 valence electrons. The number of aliphatic hydroxyl groups is 2. The van der Waals surface area contributed by atoms with Crippen molar-refractivity contribution in [2.45, 2.75) is 70.7 Å². The molecule has 0 radical (unpaired) electrons. The maximum atomic E-state index is 8.93. The van der Waals surface area contributed by atoms with Crippen LogP contribution in [-0.2, 0) is 4.12 Å². The Labute approximate surface area is 114 Å². The fourth-order valence-electron chi connectivity index (χ4n) is 0.813. The number of aliphatic hydroxyl groups excluding tert-OH is 2. The van der Waals surface area contributed by atoms with Crippen molar-refractivity contribution in [1.29, 1.82) is 0 Å². The molecule has 0 aliphatic heterocycles. The van der Waals surface area contributed by atoms with Crippen LogP contribution in [0.2, 0.25) is 26.2 Å². The predicted molar refractivity (Wildman–Crippen MR) is 90.6 cm³/mol. The zero-order valence-corrected chi connectivity index (χ0v) is 9.72. The highest BCUT2D eigenvalue weighted by atomic mass is 28.4. The van der Waals surface area contributed by atoms with E-state index < -0.39 is 16.6 Å². The molecule has 0 saturated heterocycles. The Balaban J connectivity index is -0.0000000333. The second kappa shape index (κ2) is 16.3. The molecular formula is C12H42O3Si2. The normalized spacial score (nSPS) is 8.82. The number of hydrogen-bond donors (Lipinski definition) is 2. The first kappa shape index (κ1) is 43.3. The van der Waals surface area contributed by atoms with Gasteiger partial charge in [-0.1, -0.05) is 44.6 Å². The summed E-state index contributed by atoms with van der Waals surface area (Å²) in [5.41, 5.74) is 0. The van der Waals surface area contributed by atoms with Gasteiger partial charge in [-0.2, -0.15) is 0 Å². The Hall–Kier alpha value is 0.314. The fourth-order valence-corrected chi connectivity index (χ4v) is 7.31. The average molecular weight is 291 g/mol. The van der Waals surface area contributed by atoms with Gasteiger partial charge in [-0.25, -0.2) is 0 Å². The number of hydrogen-bond acceptors (Lipinski definition) is 3. The molecule has 0 fully saturated rings. The minimum absolute atomic E-state index is 0. The largest absolute Gasteiger partial charge is 0.453 e. The van der Waals surface area contributed by atoms with Crippen LogP contribution in [0.5, 0.6) is 0 Å². The van der Waals surface area contributed by atoms with Crippen LogP contribution in [0.4, 0.5) is 0 Å². The van der Waals surface area contributed by atoms with Gasteiger partial charge in [0.2, 0.25) is 0 Å². The molecule has 0 aromatic rings. The van der Waals surface area contributed by atoms with Crippen LogP contribution in [-0.4, -0.2) is 39.3 Å². The van der Waals surface area contributed by atoms with Gasteiger partial charge in [0.15, 0.2) is 16.6 Å². The van der Waals surface area contributed by atoms with E-state index in [4.69, 9.17) is 14.3 Å². The summed E-state index contributed by atoms with van der Waals surface area (Å²) in [6, 6.07) is 0. The van der Waals surface area contributed by atoms with E-state index in [1.165, 1.54) is 0 Å². The molecule has 0 amide bonds. The van der Waals surface area contributed by atoms with Crippen molar-refractivity contribution in [2.24, 2.45) is 0 Å². The fraction of sp³-hybridized carbons (Fsp3) is 1.00. The van der Waals surface area contributed by atoms with Crippen LogP contribution < -0.4 is 0 Å². The van der Waals surface area contributed by atoms with Crippen molar-refractivity contribution in [3.63, 3.8) is 0 Å². The van der Waals surface area contributed by atoms with Gasteiger partial charge in [0.05, 0.1) is 12.5 Å². The van der Waals surface area contributed by atoms with Gasteiger partial charge in [-0.15, -0.1) is 0 Å². The van der Waals surface area contributed by atoms with Crippen LogP contribution >= 0.6 is 0 Å². The Kier molecular flexibility index (Phi) is 41.6. The maximum absolute atomic E-state index is 8.93. The van der Waals surface area contributed by atoms with Crippen LogP contribution in [0.15, 0.2) is 0 Å². The van der Waals surface area contributed by atoms with Crippen molar-refractivity contribution in [3.05, 3.63) is 0 Å². The van der Waals surface area contributed by atoms with E-state index in [-0.39, 0.29) is 57.0 Å². The van der Waals surface area contributed by atoms with E-state index in [1.807, 2.05) is 26.2 Å². The molecule has 0 atom stereocenters. The molecule has 0 unspecified atom stereocenters. The van der Waals surface area contributed by atoms with E-state index in [0.717, 1.165) is 0 Å². The van der Waals surface area contributed by atoms with Crippen molar-refractivity contribution in [2.75, 3.05) is 12.5 Å². The molecule has 17 heavy (non-hydrogen) atoms. The monoisotopic (exact) mass is 290 g/mol. The van der Waals surface area contributed by atoms with E-state index >= 15 is 0 Å². The summed E-state index contributed by atoms with van der Waals surface area (Å²) in [4.78, 5) is 0. The Morgan fingerprint density at radius 3 is 0.941 bits per heavy atom. The third kappa shape index (κ3) is 22.0. The van der Waals surface area contributed by atoms with Gasteiger partial charge in [-0.3, -0.25) is 0 Å². The van der Waals surface area contributed by atoms with E-state index in [2.05, 4.69) is 0 Å². The molecule has 2 N–H and O–H groups in total. The first-order valence-electron chi connectivity index (χ1n) is 3.75. The topological polar surface area (TPSA) is 49.7 Å². The summed E-state index contributed by atoms with van der Waals surface area (Å²) in [6.07, 6.45) is 0.257. The molecule has 0 saturated carbocycles. The zero-order chi connectivity index (χ0) is 9.12. The number of rotatable bonds is 4. The van der Waals surface area contributed by atoms with E-state index in [0.29, 0.717) is 0 Å². The van der Waals surface area contributed by atoms with E-state index in [1.54, 1.807) is 0 Å². The zero-order valence-electron chi connectivity index (χ0n) is 7.72. The summed E-state index contributed by atoms with van der Waals surface area (Å²) in [6.45, 7) is 7.82. The molecular weight excluding hydrogens is 248 g/mol. The molecule has 0 aliphatic carbocycles. The van der Waals surface area contributed by atoms with E-state index in [9.17, 15) is 0 Å². The van der Waals surface area contributed by atoms with Crippen LogP contribution in [0.3, 0.4) is 0 Å². The lowest BCUT2D eigenvalue weighted by atomic mass is 11.7. The summed E-state index contributed by atoms with van der Waals surface area (Å²) >= 11 is 0. The molecule has 5 heteroatoms. The lowest BCUT2D eigenvalue weighted by molar-refractivity contribution is 0.311. The van der Waals surface area contributed by atoms with Crippen molar-refractivity contribution >= 4 is 16.6 Å². The molecule has 0 bridgehead atoms. The Bertz CT molecular complexity index is 115. The van der Waals surface area contributed by atoms with Gasteiger partial charge in [0.25, 0.3) is 0 Å². The smallest absolute Gasteiger partial charge is 0.199 e. The predicted octanol–water partition coefficient (Wildman–Crippen LogP) is 4.29. The van der Waals surface area contributed by atoms with Crippen LogP contribution in [0, 0.1) is 0 Å². The minimum atomic E-state index is -1.88. The highest BCUT2D eigenvalue weighted by Crippen LogP contribution is 2.12. The standard InChI is InChI=1S/C6H18O3Si2.6CH4/c1-10(2,5-7)9-11(3,4)6-8;;;;;;/h7-8H,5-6H2,1-4H3;6*1H4. The van der Waals surface area contributed by atoms with Crippen molar-refractivity contribution < 1.29 is 14.3 Å². The lowest BCUT2D eigenvalue weighted by Crippen LogP contribution is -2.49. The summed E-state index contributed by atoms with van der Waals surface area (Å²) in [5.74, 6) is 0. The molecule has 0 heterocycles. The van der Waals surface area contributed by atoms with Crippen molar-refractivity contribution in [3.8, 4) is 0 Å².